The van der Waals surface area contributed by atoms with Crippen LogP contribution in [0.15, 0.2) is 71.5 Å². The molecule has 0 atom stereocenters. The van der Waals surface area contributed by atoms with Gasteiger partial charge >= 0.3 is 0 Å². The van der Waals surface area contributed by atoms with Crippen molar-refractivity contribution < 1.29 is 18.7 Å². The van der Waals surface area contributed by atoms with E-state index in [9.17, 15) is 9.59 Å². The van der Waals surface area contributed by atoms with Crippen LogP contribution in [0.3, 0.4) is 0 Å². The Morgan fingerprint density at radius 3 is 2.55 bits per heavy atom. The van der Waals surface area contributed by atoms with Gasteiger partial charge in [0, 0.05) is 31.1 Å². The molecule has 0 spiro atoms. The average molecular weight is 416 g/mol. The summed E-state index contributed by atoms with van der Waals surface area (Å²) >= 11 is 0. The topological polar surface area (TPSA) is 71.8 Å². The molecule has 3 aromatic rings. The van der Waals surface area contributed by atoms with Crippen molar-refractivity contribution in [3.63, 3.8) is 0 Å². The third kappa shape index (κ3) is 3.53. The third-order valence-electron chi connectivity index (χ3n) is 6.35. The van der Waals surface area contributed by atoms with Crippen molar-refractivity contribution in [2.24, 2.45) is 0 Å². The quantitative estimate of drug-likeness (QED) is 0.693. The Hall–Kier alpha value is -3.38. The van der Waals surface area contributed by atoms with Gasteiger partial charge in [-0.2, -0.15) is 0 Å². The Morgan fingerprint density at radius 2 is 1.81 bits per heavy atom. The number of nitrogens with zero attached hydrogens (tertiary/aromatic N) is 1. The molecule has 3 heterocycles. The van der Waals surface area contributed by atoms with E-state index in [1.165, 1.54) is 12.5 Å². The number of carbonyl (C=O) groups excluding carboxylic acids is 2. The lowest BCUT2D eigenvalue weighted by Crippen LogP contribution is -2.44. The molecule has 1 aromatic heterocycles. The maximum absolute atomic E-state index is 13.5. The molecule has 0 saturated carbocycles. The van der Waals surface area contributed by atoms with E-state index in [4.69, 9.17) is 9.15 Å². The maximum atomic E-state index is 13.5. The smallest absolute Gasteiger partial charge is 0.261 e. The number of fused-ring (bicyclic) bond motifs is 1. The van der Waals surface area contributed by atoms with Crippen LogP contribution in [0.1, 0.15) is 34.3 Å². The summed E-state index contributed by atoms with van der Waals surface area (Å²) in [6, 6.07) is 17.4. The molecule has 2 aliphatic rings. The number of furan rings is 1. The summed E-state index contributed by atoms with van der Waals surface area (Å²) in [5, 5.41) is 3.14. The second-order valence-corrected chi connectivity index (χ2v) is 8.08. The van der Waals surface area contributed by atoms with Gasteiger partial charge in [0.1, 0.15) is 6.26 Å². The Morgan fingerprint density at radius 1 is 1.00 bits per heavy atom. The standard InChI is InChI=1S/C25H24N2O4/c28-23(19-9-13-31-17-19)27-12-8-18-16-21(6-7-22(18)27)26-24(29)25(10-14-30-15-11-25)20-4-2-1-3-5-20/h1-7,9,13,16-17H,8,10-12,14-15H2,(H,26,29). The summed E-state index contributed by atoms with van der Waals surface area (Å²) < 4.78 is 10.6. The van der Waals surface area contributed by atoms with Gasteiger partial charge in [-0.1, -0.05) is 30.3 Å². The molecule has 6 heteroatoms. The summed E-state index contributed by atoms with van der Waals surface area (Å²) in [6.07, 6.45) is 5.02. The molecule has 2 amide bonds. The zero-order valence-electron chi connectivity index (χ0n) is 17.2. The Kier molecular flexibility index (Phi) is 5.08. The molecule has 31 heavy (non-hydrogen) atoms. The molecule has 2 aromatic carbocycles. The van der Waals surface area contributed by atoms with E-state index in [0.717, 1.165) is 28.9 Å². The van der Waals surface area contributed by atoms with Crippen LogP contribution in [0.25, 0.3) is 0 Å². The highest BCUT2D eigenvalue weighted by Gasteiger charge is 2.41. The fourth-order valence-electron chi connectivity index (χ4n) is 4.61. The molecule has 0 aliphatic carbocycles. The lowest BCUT2D eigenvalue weighted by molar-refractivity contribution is -0.125. The van der Waals surface area contributed by atoms with Gasteiger partial charge in [-0.15, -0.1) is 0 Å². The number of carbonyl (C=O) groups is 2. The average Bonchev–Trinajstić information content (AvgIpc) is 3.50. The molecule has 2 aliphatic heterocycles. The van der Waals surface area contributed by atoms with Crippen LogP contribution in [0.5, 0.6) is 0 Å². The first-order chi connectivity index (χ1) is 15.2. The van der Waals surface area contributed by atoms with Crippen LogP contribution in [-0.2, 0) is 21.4 Å². The van der Waals surface area contributed by atoms with Gasteiger partial charge in [0.25, 0.3) is 5.91 Å². The third-order valence-corrected chi connectivity index (χ3v) is 6.35. The van der Waals surface area contributed by atoms with Crippen molar-refractivity contribution in [1.82, 2.24) is 0 Å². The SMILES string of the molecule is O=C(c1ccoc1)N1CCc2cc(NC(=O)C3(c4ccccc4)CCOCC3)ccc21. The molecule has 0 radical (unpaired) electrons. The van der Waals surface area contributed by atoms with Crippen LogP contribution in [0, 0.1) is 0 Å². The van der Waals surface area contributed by atoms with Crippen molar-refractivity contribution in [3.05, 3.63) is 83.8 Å². The molecule has 158 valence electrons. The number of hydrogen-bond acceptors (Lipinski definition) is 4. The fourth-order valence-corrected chi connectivity index (χ4v) is 4.61. The molecule has 1 saturated heterocycles. The predicted molar refractivity (Wildman–Crippen MR) is 117 cm³/mol. The molecule has 0 unspecified atom stereocenters. The van der Waals surface area contributed by atoms with Crippen molar-refractivity contribution in [2.75, 3.05) is 30.0 Å². The second-order valence-electron chi connectivity index (χ2n) is 8.08. The summed E-state index contributed by atoms with van der Waals surface area (Å²) in [4.78, 5) is 28.0. The van der Waals surface area contributed by atoms with Crippen molar-refractivity contribution >= 4 is 23.2 Å². The second kappa shape index (κ2) is 8.04. The molecule has 5 rings (SSSR count). The van der Waals surface area contributed by atoms with Gasteiger partial charge in [0.05, 0.1) is 17.2 Å². The maximum Gasteiger partial charge on any atom is 0.261 e. The minimum atomic E-state index is -0.595. The lowest BCUT2D eigenvalue weighted by atomic mass is 9.73. The predicted octanol–water partition coefficient (Wildman–Crippen LogP) is 4.17. The van der Waals surface area contributed by atoms with E-state index in [1.807, 2.05) is 48.5 Å². The van der Waals surface area contributed by atoms with E-state index in [-0.39, 0.29) is 11.8 Å². The van der Waals surface area contributed by atoms with E-state index < -0.39 is 5.41 Å². The minimum Gasteiger partial charge on any atom is -0.472 e. The van der Waals surface area contributed by atoms with Gasteiger partial charge in [0.2, 0.25) is 5.91 Å². The van der Waals surface area contributed by atoms with Crippen molar-refractivity contribution in [2.45, 2.75) is 24.7 Å². The van der Waals surface area contributed by atoms with Crippen LogP contribution >= 0.6 is 0 Å². The summed E-state index contributed by atoms with van der Waals surface area (Å²) in [6.45, 7) is 1.75. The van der Waals surface area contributed by atoms with Gasteiger partial charge in [0.15, 0.2) is 0 Å². The molecule has 0 bridgehead atoms. The number of benzene rings is 2. The van der Waals surface area contributed by atoms with Crippen LogP contribution in [-0.4, -0.2) is 31.6 Å². The lowest BCUT2D eigenvalue weighted by Gasteiger charge is -2.36. The molecular formula is C25H24N2O4. The van der Waals surface area contributed by atoms with Crippen LogP contribution in [0.2, 0.25) is 0 Å². The zero-order valence-corrected chi connectivity index (χ0v) is 17.2. The van der Waals surface area contributed by atoms with E-state index in [0.29, 0.717) is 38.2 Å². The summed E-state index contributed by atoms with van der Waals surface area (Å²) in [7, 11) is 0. The molecular weight excluding hydrogens is 392 g/mol. The van der Waals surface area contributed by atoms with E-state index in [2.05, 4.69) is 5.32 Å². The first-order valence-electron chi connectivity index (χ1n) is 10.6. The number of amides is 2. The van der Waals surface area contributed by atoms with E-state index >= 15 is 0 Å². The molecule has 1 fully saturated rings. The zero-order chi connectivity index (χ0) is 21.3. The van der Waals surface area contributed by atoms with Gasteiger partial charge < -0.3 is 19.4 Å². The number of nitrogens with one attached hydrogen (secondary N) is 1. The van der Waals surface area contributed by atoms with Gasteiger partial charge in [-0.05, 0) is 54.7 Å². The Balaban J connectivity index is 1.38. The van der Waals surface area contributed by atoms with Crippen molar-refractivity contribution in [3.8, 4) is 0 Å². The first-order valence-corrected chi connectivity index (χ1v) is 10.6. The van der Waals surface area contributed by atoms with Gasteiger partial charge in [-0.25, -0.2) is 0 Å². The highest BCUT2D eigenvalue weighted by Crippen LogP contribution is 2.37. The number of hydrogen-bond donors (Lipinski definition) is 1. The summed E-state index contributed by atoms with van der Waals surface area (Å²) in [5.41, 5.74) is 3.65. The van der Waals surface area contributed by atoms with Gasteiger partial charge in [-0.3, -0.25) is 9.59 Å². The van der Waals surface area contributed by atoms with Crippen LogP contribution in [0.4, 0.5) is 11.4 Å². The highest BCUT2D eigenvalue weighted by atomic mass is 16.5. The normalized spacial score (nSPS) is 17.2. The van der Waals surface area contributed by atoms with E-state index in [1.54, 1.807) is 11.0 Å². The largest absolute Gasteiger partial charge is 0.472 e. The first kappa shape index (κ1) is 19.6. The number of anilines is 2. The number of ether oxygens (including phenoxy) is 1. The molecule has 6 nitrogen and oxygen atoms in total. The Labute approximate surface area is 180 Å². The monoisotopic (exact) mass is 416 g/mol. The molecule has 1 N–H and O–H groups in total. The number of rotatable bonds is 4. The van der Waals surface area contributed by atoms with Crippen molar-refractivity contribution in [1.29, 1.82) is 0 Å². The Bertz CT molecular complexity index is 1090. The van der Waals surface area contributed by atoms with Crippen LogP contribution < -0.4 is 10.2 Å². The highest BCUT2D eigenvalue weighted by molar-refractivity contribution is 6.07. The minimum absolute atomic E-state index is 0.00808. The summed E-state index contributed by atoms with van der Waals surface area (Å²) in [5.74, 6) is -0.0826. The fraction of sp³-hybridized carbons (Fsp3) is 0.280.